The van der Waals surface area contributed by atoms with Crippen LogP contribution in [0.25, 0.3) is 16.6 Å². The van der Waals surface area contributed by atoms with Crippen molar-refractivity contribution in [2.45, 2.75) is 52.7 Å². The second kappa shape index (κ2) is 12.5. The summed E-state index contributed by atoms with van der Waals surface area (Å²) in [5, 5.41) is 9.02. The van der Waals surface area contributed by atoms with Gasteiger partial charge in [0.1, 0.15) is 34.0 Å². The molecule has 2 aromatic heterocycles. The number of carbonyl (C=O) groups excluding carboxylic acids is 2. The van der Waals surface area contributed by atoms with E-state index in [1.54, 1.807) is 72.1 Å². The molecule has 2 heterocycles. The number of anilines is 1. The maximum Gasteiger partial charge on any atom is 0.424 e. The lowest BCUT2D eigenvalue weighted by Crippen LogP contribution is -2.42. The number of halogens is 3. The molecule has 0 bridgehead atoms. The number of carbonyl (C=O) groups is 2. The molecule has 0 radical (unpaired) electrons. The third kappa shape index (κ3) is 8.21. The molecule has 3 N–H and O–H groups in total. The summed E-state index contributed by atoms with van der Waals surface area (Å²) in [6, 6.07) is 5.13. The van der Waals surface area contributed by atoms with E-state index in [4.69, 9.17) is 38.4 Å². The topological polar surface area (TPSA) is 137 Å². The zero-order valence-electron chi connectivity index (χ0n) is 23.3. The second-order valence-corrected chi connectivity index (χ2v) is 12.2. The number of nitrogens with two attached hydrogens (primary N) is 1. The molecule has 0 unspecified atom stereocenters. The number of aliphatic imine (C=N–C) groups is 1. The van der Waals surface area contributed by atoms with Crippen molar-refractivity contribution in [2.24, 2.45) is 10.7 Å². The molecule has 41 heavy (non-hydrogen) atoms. The van der Waals surface area contributed by atoms with Crippen molar-refractivity contribution < 1.29 is 19.1 Å². The fraction of sp³-hybridized carbons (Fsp3) is 0.296. The van der Waals surface area contributed by atoms with Gasteiger partial charge in [0, 0.05) is 18.5 Å². The first-order chi connectivity index (χ1) is 19.0. The smallest absolute Gasteiger partial charge is 0.424 e. The van der Waals surface area contributed by atoms with E-state index in [0.717, 1.165) is 6.34 Å². The van der Waals surface area contributed by atoms with Gasteiger partial charge in [0.05, 0.1) is 31.9 Å². The van der Waals surface area contributed by atoms with Gasteiger partial charge < -0.3 is 20.5 Å². The van der Waals surface area contributed by atoms with E-state index < -0.39 is 23.4 Å². The molecule has 0 aliphatic carbocycles. The van der Waals surface area contributed by atoms with E-state index in [0.29, 0.717) is 41.8 Å². The Morgan fingerprint density at radius 1 is 1.12 bits per heavy atom. The van der Waals surface area contributed by atoms with Gasteiger partial charge in [0.25, 0.3) is 0 Å². The van der Waals surface area contributed by atoms with Crippen molar-refractivity contribution in [2.75, 3.05) is 5.32 Å². The minimum atomic E-state index is -0.980. The number of allylic oxidation sites excluding steroid dienone is 1. The van der Waals surface area contributed by atoms with Crippen LogP contribution >= 0.6 is 39.1 Å². The maximum absolute atomic E-state index is 13.0. The summed E-state index contributed by atoms with van der Waals surface area (Å²) >= 11 is 16.3. The minimum absolute atomic E-state index is 0.0919. The number of rotatable bonds is 6. The highest BCUT2D eigenvalue weighted by atomic mass is 79.9. The summed E-state index contributed by atoms with van der Waals surface area (Å²) in [6.07, 6.45) is 3.62. The molecule has 3 aromatic rings. The number of pyridine rings is 1. The number of ether oxygens (including phenoxy) is 2. The summed E-state index contributed by atoms with van der Waals surface area (Å²) in [7, 11) is 0. The molecular weight excluding hydrogens is 637 g/mol. The van der Waals surface area contributed by atoms with Crippen LogP contribution < -0.4 is 11.1 Å². The van der Waals surface area contributed by atoms with Crippen LogP contribution in [0.1, 0.15) is 41.5 Å². The first-order valence-electron chi connectivity index (χ1n) is 12.2. The molecule has 0 fully saturated rings. The molecule has 11 nitrogen and oxygen atoms in total. The zero-order chi connectivity index (χ0) is 30.7. The number of imide groups is 1. The van der Waals surface area contributed by atoms with Gasteiger partial charge in [-0.1, -0.05) is 35.8 Å². The lowest BCUT2D eigenvalue weighted by molar-refractivity contribution is 0.00911. The van der Waals surface area contributed by atoms with Crippen molar-refractivity contribution in [3.63, 3.8) is 0 Å². The highest BCUT2D eigenvalue weighted by Gasteiger charge is 2.33. The number of hydrogen-bond acceptors (Lipinski definition) is 8. The van der Waals surface area contributed by atoms with Gasteiger partial charge in [-0.15, -0.1) is 0 Å². The quantitative estimate of drug-likeness (QED) is 0.158. The molecular formula is C27H30BrCl2N7O4. The van der Waals surface area contributed by atoms with Crippen LogP contribution in [0.2, 0.25) is 10.0 Å². The van der Waals surface area contributed by atoms with Gasteiger partial charge in [-0.25, -0.2) is 24.2 Å². The third-order valence-corrected chi connectivity index (χ3v) is 6.06. The Morgan fingerprint density at radius 3 is 2.20 bits per heavy atom. The van der Waals surface area contributed by atoms with Gasteiger partial charge in [0.2, 0.25) is 0 Å². The Labute approximate surface area is 256 Å². The normalized spacial score (nSPS) is 12.5. The SMILES string of the molecule is C=C(/C=C(\N=CN)Nc1ncc(Br)c2nn(-c3c(Cl)cccc3Cl)cc12)N(C(=O)OC(C)(C)C)C(=O)OC(C)(C)C. The lowest BCUT2D eigenvalue weighted by atomic mass is 10.2. The number of fused-ring (bicyclic) bond motifs is 1. The van der Waals surface area contributed by atoms with Crippen molar-refractivity contribution in [1.29, 1.82) is 0 Å². The average molecular weight is 667 g/mol. The van der Waals surface area contributed by atoms with E-state index in [-0.39, 0.29) is 11.5 Å². The Morgan fingerprint density at radius 2 is 1.68 bits per heavy atom. The third-order valence-electron chi connectivity index (χ3n) is 4.87. The molecule has 0 atom stereocenters. The van der Waals surface area contributed by atoms with Gasteiger partial charge in [-0.3, -0.25) is 0 Å². The summed E-state index contributed by atoms with van der Waals surface area (Å²) in [6.45, 7) is 13.9. The van der Waals surface area contributed by atoms with E-state index >= 15 is 0 Å². The van der Waals surface area contributed by atoms with Crippen LogP contribution in [-0.4, -0.2) is 49.4 Å². The fourth-order valence-electron chi connectivity index (χ4n) is 3.35. The predicted octanol–water partition coefficient (Wildman–Crippen LogP) is 7.42. The summed E-state index contributed by atoms with van der Waals surface area (Å²) < 4.78 is 13.0. The number of nitrogens with zero attached hydrogens (tertiary/aromatic N) is 5. The maximum atomic E-state index is 13.0. The van der Waals surface area contributed by atoms with Gasteiger partial charge >= 0.3 is 12.2 Å². The average Bonchev–Trinajstić information content (AvgIpc) is 3.24. The van der Waals surface area contributed by atoms with Crippen LogP contribution in [0, 0.1) is 0 Å². The van der Waals surface area contributed by atoms with E-state index in [1.807, 2.05) is 0 Å². The van der Waals surface area contributed by atoms with Crippen LogP contribution in [-0.2, 0) is 9.47 Å². The van der Waals surface area contributed by atoms with Crippen molar-refractivity contribution in [1.82, 2.24) is 19.7 Å². The Bertz CT molecular complexity index is 1510. The first kappa shape index (κ1) is 31.9. The number of aromatic nitrogens is 3. The predicted molar refractivity (Wildman–Crippen MR) is 164 cm³/mol. The zero-order valence-corrected chi connectivity index (χ0v) is 26.4. The largest absolute Gasteiger partial charge is 0.443 e. The molecule has 1 aromatic carbocycles. The molecule has 3 rings (SSSR count). The second-order valence-electron chi connectivity index (χ2n) is 10.6. The first-order valence-corrected chi connectivity index (χ1v) is 13.7. The lowest BCUT2D eigenvalue weighted by Gasteiger charge is -2.28. The Kier molecular flexibility index (Phi) is 9.73. The summed E-state index contributed by atoms with van der Waals surface area (Å²) in [5.74, 6) is 0.414. The summed E-state index contributed by atoms with van der Waals surface area (Å²) in [5.41, 5.74) is 4.73. The number of benzene rings is 1. The molecule has 0 saturated carbocycles. The highest BCUT2D eigenvalue weighted by molar-refractivity contribution is 9.10. The fourth-order valence-corrected chi connectivity index (χ4v) is 4.32. The van der Waals surface area contributed by atoms with Gasteiger partial charge in [-0.05, 0) is 69.6 Å². The van der Waals surface area contributed by atoms with Crippen molar-refractivity contribution >= 4 is 74.4 Å². The van der Waals surface area contributed by atoms with Crippen molar-refractivity contribution in [3.05, 3.63) is 69.3 Å². The molecule has 0 aliphatic rings. The summed E-state index contributed by atoms with van der Waals surface area (Å²) in [4.78, 5) is 35.3. The molecule has 218 valence electrons. The van der Waals surface area contributed by atoms with E-state index in [2.05, 4.69) is 42.9 Å². The number of para-hydroxylation sites is 1. The molecule has 0 saturated heterocycles. The van der Waals surface area contributed by atoms with Crippen LogP contribution in [0.5, 0.6) is 0 Å². The number of amides is 2. The molecule has 14 heteroatoms. The van der Waals surface area contributed by atoms with Gasteiger partial charge in [0.15, 0.2) is 0 Å². The Hall–Kier alpha value is -3.61. The number of hydrogen-bond donors (Lipinski definition) is 2. The van der Waals surface area contributed by atoms with E-state index in [1.165, 1.54) is 10.8 Å². The standard InChI is InChI=1S/C27H30BrCl2N7O4/c1-15(37(24(38)40-26(2,3)4)25(39)41-27(5,6)7)11-20(33-14-31)34-23-16-13-36(35-21(16)17(28)12-32-23)22-18(29)9-8-10-19(22)30/h8-14H,1H2,2-7H3,(H2,31,33)(H,32,34)/b20-11+. The van der Waals surface area contributed by atoms with Crippen LogP contribution in [0.15, 0.2) is 64.2 Å². The number of nitrogens with one attached hydrogen (secondary N) is 1. The Balaban J connectivity index is 2.05. The van der Waals surface area contributed by atoms with Crippen molar-refractivity contribution in [3.8, 4) is 5.69 Å². The van der Waals surface area contributed by atoms with Gasteiger partial charge in [-0.2, -0.15) is 10.00 Å². The monoisotopic (exact) mass is 665 g/mol. The van der Waals surface area contributed by atoms with Crippen LogP contribution in [0.3, 0.4) is 0 Å². The molecule has 0 spiro atoms. The van der Waals surface area contributed by atoms with E-state index in [9.17, 15) is 9.59 Å². The minimum Gasteiger partial charge on any atom is -0.443 e. The van der Waals surface area contributed by atoms with Crippen LogP contribution in [0.4, 0.5) is 15.4 Å². The molecule has 2 amide bonds. The molecule has 0 aliphatic heterocycles. The highest BCUT2D eigenvalue weighted by Crippen LogP contribution is 2.33.